The number of benzene rings is 13. The van der Waals surface area contributed by atoms with Crippen molar-refractivity contribution in [3.63, 3.8) is 0 Å². The van der Waals surface area contributed by atoms with Gasteiger partial charge in [-0.2, -0.15) is 0 Å². The van der Waals surface area contributed by atoms with Gasteiger partial charge < -0.3 is 14.7 Å². The number of para-hydroxylation sites is 4. The first-order chi connectivity index (χ1) is 43.4. The Morgan fingerprint density at radius 2 is 0.716 bits per heavy atom. The van der Waals surface area contributed by atoms with Crippen LogP contribution in [0, 0.1) is 0 Å². The van der Waals surface area contributed by atoms with Gasteiger partial charge in [0, 0.05) is 77.8 Å². The van der Waals surface area contributed by atoms with Crippen molar-refractivity contribution >= 4 is 94.5 Å². The minimum Gasteiger partial charge on any atom is -0.310 e. The lowest BCUT2D eigenvalue weighted by molar-refractivity contribution is 0.346. The van der Waals surface area contributed by atoms with Crippen LogP contribution in [0.25, 0.3) is 65.6 Å². The summed E-state index contributed by atoms with van der Waals surface area (Å²) in [4.78, 5) is 12.7. The molecule has 2 heterocycles. The molecule has 422 valence electrons. The standard InChI is InChI=1S/C84H66N4/c1-83(2)76-56-70(86(65-24-8-3-9-25-65)66-26-10-4-11-27-66)48-52-78(76)88(79-53-49-71(57-77(79)83)87(67-28-12-5-13-29-67)68-30-14-6-15-31-68)69-46-44-64(45-47-69)84(54-20-7-21-55-84)63-42-38-59(39-43-63)58-34-36-62(37-35-58)80-74-50-40-60-22-16-18-32-72(60)81(74)85-82-73-33-19-17-23-61(73)41-51-75(80)82/h3-6,8-19,22-53,56-57H,7,20-21,54-55H2,1-2H3. The first-order valence-electron chi connectivity index (χ1n) is 31.2. The molecule has 0 N–H and O–H groups in total. The summed E-state index contributed by atoms with van der Waals surface area (Å²) >= 11 is 0. The van der Waals surface area contributed by atoms with Gasteiger partial charge in [-0.3, -0.25) is 0 Å². The molecule has 0 amide bonds. The van der Waals surface area contributed by atoms with E-state index in [9.17, 15) is 0 Å². The third-order valence-corrected chi connectivity index (χ3v) is 19.3. The molecule has 1 saturated carbocycles. The maximum Gasteiger partial charge on any atom is 0.0794 e. The number of pyridine rings is 1. The van der Waals surface area contributed by atoms with Gasteiger partial charge >= 0.3 is 0 Å². The summed E-state index contributed by atoms with van der Waals surface area (Å²) in [6.45, 7) is 4.82. The van der Waals surface area contributed by atoms with Crippen molar-refractivity contribution in [1.82, 2.24) is 4.98 Å². The molecule has 1 aromatic heterocycles. The zero-order valence-electron chi connectivity index (χ0n) is 49.7. The van der Waals surface area contributed by atoms with Gasteiger partial charge in [0.2, 0.25) is 0 Å². The molecule has 0 atom stereocenters. The predicted octanol–water partition coefficient (Wildman–Crippen LogP) is 23.3. The molecule has 14 aromatic rings. The Kier molecular flexibility index (Phi) is 13.1. The second-order valence-corrected chi connectivity index (χ2v) is 24.6. The van der Waals surface area contributed by atoms with Gasteiger partial charge in [-0.05, 0) is 160 Å². The predicted molar refractivity (Wildman–Crippen MR) is 372 cm³/mol. The molecule has 1 aliphatic heterocycles. The first kappa shape index (κ1) is 53.0. The molecule has 0 bridgehead atoms. The first-order valence-corrected chi connectivity index (χ1v) is 31.2. The van der Waals surface area contributed by atoms with E-state index in [1.807, 2.05) is 0 Å². The second kappa shape index (κ2) is 21.8. The Morgan fingerprint density at radius 3 is 1.16 bits per heavy atom. The number of anilines is 9. The maximum atomic E-state index is 5.45. The Bertz CT molecular complexity index is 4570. The molecular weight excluding hydrogens is 1060 g/mol. The summed E-state index contributed by atoms with van der Waals surface area (Å²) in [5.74, 6) is 0. The van der Waals surface area contributed by atoms with Crippen molar-refractivity contribution in [3.05, 3.63) is 326 Å². The molecule has 88 heavy (non-hydrogen) atoms. The summed E-state index contributed by atoms with van der Waals surface area (Å²) in [5.41, 5.74) is 22.0. The molecule has 1 aliphatic carbocycles. The van der Waals surface area contributed by atoms with E-state index in [0.717, 1.165) is 63.7 Å². The highest BCUT2D eigenvalue weighted by molar-refractivity contribution is 6.21. The smallest absolute Gasteiger partial charge is 0.0794 e. The summed E-state index contributed by atoms with van der Waals surface area (Å²) < 4.78 is 0. The van der Waals surface area contributed by atoms with Gasteiger partial charge in [0.05, 0.1) is 22.4 Å². The quantitative estimate of drug-likeness (QED) is 0.0951. The van der Waals surface area contributed by atoms with Crippen LogP contribution in [0.4, 0.5) is 51.2 Å². The van der Waals surface area contributed by atoms with Gasteiger partial charge in [0.15, 0.2) is 0 Å². The average molecular weight is 1130 g/mol. The highest BCUT2D eigenvalue weighted by Crippen LogP contribution is 2.56. The number of rotatable bonds is 11. The fourth-order valence-electron chi connectivity index (χ4n) is 14.8. The van der Waals surface area contributed by atoms with Gasteiger partial charge in [-0.1, -0.05) is 239 Å². The zero-order chi connectivity index (χ0) is 58.8. The Labute approximate surface area is 515 Å². The van der Waals surface area contributed by atoms with Crippen LogP contribution in [0.1, 0.15) is 68.2 Å². The fraction of sp³-hybridized carbons (Fsp3) is 0.107. The van der Waals surface area contributed by atoms with Gasteiger partial charge in [0.1, 0.15) is 0 Å². The number of hydrogen-bond donors (Lipinski definition) is 0. The van der Waals surface area contributed by atoms with E-state index >= 15 is 0 Å². The lowest BCUT2D eigenvalue weighted by Crippen LogP contribution is -2.32. The van der Waals surface area contributed by atoms with Crippen molar-refractivity contribution in [3.8, 4) is 22.3 Å². The monoisotopic (exact) mass is 1130 g/mol. The van der Waals surface area contributed by atoms with Crippen LogP contribution in [0.5, 0.6) is 0 Å². The summed E-state index contributed by atoms with van der Waals surface area (Å²) in [5, 5.41) is 7.10. The molecule has 4 nitrogen and oxygen atoms in total. The zero-order valence-corrected chi connectivity index (χ0v) is 49.7. The Hall–Kier alpha value is -10.6. The third kappa shape index (κ3) is 9.01. The van der Waals surface area contributed by atoms with E-state index in [2.05, 4.69) is 332 Å². The normalized spacial score (nSPS) is 14.2. The van der Waals surface area contributed by atoms with Crippen LogP contribution in [0.2, 0.25) is 0 Å². The van der Waals surface area contributed by atoms with E-state index in [1.54, 1.807) is 0 Å². The van der Waals surface area contributed by atoms with E-state index in [4.69, 9.17) is 4.98 Å². The average Bonchev–Trinajstić information content (AvgIpc) is 0.801. The summed E-state index contributed by atoms with van der Waals surface area (Å²) in [6, 6.07) is 112. The highest BCUT2D eigenvalue weighted by Gasteiger charge is 2.40. The van der Waals surface area contributed by atoms with Crippen LogP contribution in [0.3, 0.4) is 0 Å². The lowest BCUT2D eigenvalue weighted by atomic mass is 9.65. The number of fused-ring (bicyclic) bond motifs is 8. The Balaban J connectivity index is 0.769. The van der Waals surface area contributed by atoms with E-state index in [1.165, 1.54) is 107 Å². The molecule has 13 aromatic carbocycles. The minimum atomic E-state index is -0.388. The highest BCUT2D eigenvalue weighted by atomic mass is 15.2. The third-order valence-electron chi connectivity index (χ3n) is 19.3. The van der Waals surface area contributed by atoms with Crippen molar-refractivity contribution < 1.29 is 0 Å². The SMILES string of the molecule is CC1(C)c2cc(N(c3ccccc3)c3ccccc3)ccc2N(c2ccc(C3(c4ccc(-c5ccc(-c6c7ccc8ccccc8c7nc7c6ccc6ccccc67)cc5)cc4)CCCCC3)cc2)c2ccc(N(c3ccccc3)c3ccccc3)cc21. The molecular formula is C84H66N4. The van der Waals surface area contributed by atoms with Gasteiger partial charge in [-0.25, -0.2) is 4.98 Å². The molecule has 2 aliphatic rings. The molecule has 4 heteroatoms. The molecule has 1 fully saturated rings. The maximum absolute atomic E-state index is 5.45. The van der Waals surface area contributed by atoms with E-state index < -0.39 is 0 Å². The van der Waals surface area contributed by atoms with Crippen molar-refractivity contribution in [2.24, 2.45) is 0 Å². The molecule has 0 saturated heterocycles. The topological polar surface area (TPSA) is 22.6 Å². The summed E-state index contributed by atoms with van der Waals surface area (Å²) in [6.07, 6.45) is 5.90. The van der Waals surface area contributed by atoms with Crippen LogP contribution in [0.15, 0.2) is 303 Å². The van der Waals surface area contributed by atoms with Crippen molar-refractivity contribution in [2.45, 2.75) is 56.8 Å². The van der Waals surface area contributed by atoms with Gasteiger partial charge in [-0.15, -0.1) is 0 Å². The number of hydrogen-bond acceptors (Lipinski definition) is 4. The van der Waals surface area contributed by atoms with Crippen molar-refractivity contribution in [2.75, 3.05) is 14.7 Å². The largest absolute Gasteiger partial charge is 0.310 e. The van der Waals surface area contributed by atoms with Gasteiger partial charge in [0.25, 0.3) is 0 Å². The molecule has 16 rings (SSSR count). The molecule has 0 unspecified atom stereocenters. The number of aromatic nitrogens is 1. The van der Waals surface area contributed by atoms with Crippen LogP contribution in [-0.2, 0) is 10.8 Å². The molecule has 0 spiro atoms. The van der Waals surface area contributed by atoms with Crippen LogP contribution in [-0.4, -0.2) is 4.98 Å². The number of nitrogens with zero attached hydrogens (tertiary/aromatic N) is 4. The van der Waals surface area contributed by atoms with E-state index in [0.29, 0.717) is 0 Å². The summed E-state index contributed by atoms with van der Waals surface area (Å²) in [7, 11) is 0. The van der Waals surface area contributed by atoms with Crippen LogP contribution < -0.4 is 14.7 Å². The lowest BCUT2D eigenvalue weighted by Gasteiger charge is -2.43. The second-order valence-electron chi connectivity index (χ2n) is 24.6. The fourth-order valence-corrected chi connectivity index (χ4v) is 14.8. The van der Waals surface area contributed by atoms with Crippen molar-refractivity contribution in [1.29, 1.82) is 0 Å². The Morgan fingerprint density at radius 1 is 0.330 bits per heavy atom. The van der Waals surface area contributed by atoms with E-state index in [-0.39, 0.29) is 10.8 Å². The van der Waals surface area contributed by atoms with Crippen LogP contribution >= 0.6 is 0 Å². The minimum absolute atomic E-state index is 0.100. The molecule has 0 radical (unpaired) electrons.